The fourth-order valence-corrected chi connectivity index (χ4v) is 4.26. The highest BCUT2D eigenvalue weighted by molar-refractivity contribution is 8.14. The first-order valence-electron chi connectivity index (χ1n) is 5.44. The van der Waals surface area contributed by atoms with Crippen LogP contribution in [0.1, 0.15) is 24.1 Å². The van der Waals surface area contributed by atoms with Crippen LogP contribution >= 0.6 is 22.4 Å². The minimum absolute atomic E-state index is 0.0298. The summed E-state index contributed by atoms with van der Waals surface area (Å²) in [6.45, 7) is 0. The number of thioether (sulfide) groups is 1. The highest BCUT2D eigenvalue weighted by Gasteiger charge is 2.16. The van der Waals surface area contributed by atoms with Crippen LogP contribution < -0.4 is 0 Å². The molecule has 0 N–H and O–H groups in total. The fraction of sp³-hybridized carbons (Fsp3) is 0.600. The average molecular weight is 293 g/mol. The van der Waals surface area contributed by atoms with Crippen LogP contribution in [0.4, 0.5) is 0 Å². The molecule has 4 nitrogen and oxygen atoms in total. The lowest BCUT2D eigenvalue weighted by Crippen LogP contribution is -2.09. The molecule has 1 heterocycles. The van der Waals surface area contributed by atoms with Crippen molar-refractivity contribution in [1.82, 2.24) is 9.97 Å². The molecule has 0 unspecified atom stereocenters. The Labute approximate surface area is 110 Å². The van der Waals surface area contributed by atoms with Crippen LogP contribution in [0.2, 0.25) is 0 Å². The Kier molecular flexibility index (Phi) is 4.27. The van der Waals surface area contributed by atoms with Crippen LogP contribution in [0.3, 0.4) is 0 Å². The molecule has 0 saturated heterocycles. The van der Waals surface area contributed by atoms with E-state index in [1.807, 2.05) is 0 Å². The molecule has 17 heavy (non-hydrogen) atoms. The number of aromatic nitrogens is 2. The molecular formula is C10H13ClN2O2S2. The lowest BCUT2D eigenvalue weighted by atomic mass is 9.98. The maximum absolute atomic E-state index is 10.8. The first-order valence-corrected chi connectivity index (χ1v) is 8.90. The summed E-state index contributed by atoms with van der Waals surface area (Å²) in [7, 11) is 1.76. The van der Waals surface area contributed by atoms with E-state index in [0.29, 0.717) is 5.75 Å². The quantitative estimate of drug-likeness (QED) is 0.483. The van der Waals surface area contributed by atoms with Crippen molar-refractivity contribution in [2.24, 2.45) is 0 Å². The summed E-state index contributed by atoms with van der Waals surface area (Å²) in [5.74, 6) is 0.410. The van der Waals surface area contributed by atoms with Gasteiger partial charge >= 0.3 is 0 Å². The van der Waals surface area contributed by atoms with Crippen molar-refractivity contribution in [1.29, 1.82) is 0 Å². The Balaban J connectivity index is 2.06. The second-order valence-electron chi connectivity index (χ2n) is 3.90. The van der Waals surface area contributed by atoms with E-state index in [1.54, 1.807) is 6.33 Å². The first-order chi connectivity index (χ1) is 8.06. The van der Waals surface area contributed by atoms with Gasteiger partial charge in [-0.3, -0.25) is 0 Å². The van der Waals surface area contributed by atoms with Crippen molar-refractivity contribution >= 4 is 31.5 Å². The summed E-state index contributed by atoms with van der Waals surface area (Å²) in [4.78, 5) is 8.49. The third-order valence-corrected chi connectivity index (χ3v) is 5.10. The Morgan fingerprint density at radius 2 is 2.06 bits per heavy atom. The second-order valence-corrected chi connectivity index (χ2v) is 7.88. The lowest BCUT2D eigenvalue weighted by Gasteiger charge is -2.16. The van der Waals surface area contributed by atoms with Gasteiger partial charge in [-0.05, 0) is 25.7 Å². The minimum Gasteiger partial charge on any atom is -0.241 e. The first kappa shape index (κ1) is 13.1. The fourth-order valence-electron chi connectivity index (χ4n) is 1.85. The average Bonchev–Trinajstić information content (AvgIpc) is 2.28. The summed E-state index contributed by atoms with van der Waals surface area (Å²) in [6, 6.07) is 0. The van der Waals surface area contributed by atoms with Gasteiger partial charge in [0.25, 0.3) is 0 Å². The zero-order chi connectivity index (χ0) is 12.3. The predicted octanol–water partition coefficient (Wildman–Crippen LogP) is 2.02. The molecule has 94 valence electrons. The maximum atomic E-state index is 10.8. The summed E-state index contributed by atoms with van der Waals surface area (Å²) in [6.07, 6.45) is 5.87. The number of aryl methyl sites for hydroxylation is 1. The molecule has 0 aromatic carbocycles. The van der Waals surface area contributed by atoms with Crippen molar-refractivity contribution in [2.45, 2.75) is 30.7 Å². The van der Waals surface area contributed by atoms with E-state index >= 15 is 0 Å². The monoisotopic (exact) mass is 292 g/mol. The van der Waals surface area contributed by atoms with Gasteiger partial charge in [-0.25, -0.2) is 18.4 Å². The van der Waals surface area contributed by atoms with Gasteiger partial charge in [0.1, 0.15) is 11.4 Å². The molecule has 1 aliphatic rings. The topological polar surface area (TPSA) is 59.9 Å². The standard InChI is InChI=1S/C10H13ClN2O2S2/c11-17(14,15)6-5-16-10-8-3-1-2-4-9(8)12-7-13-10/h7H,1-6H2. The van der Waals surface area contributed by atoms with Gasteiger partial charge in [0.05, 0.1) is 5.75 Å². The van der Waals surface area contributed by atoms with Crippen molar-refractivity contribution in [3.05, 3.63) is 17.6 Å². The predicted molar refractivity (Wildman–Crippen MR) is 69.0 cm³/mol. The summed E-state index contributed by atoms with van der Waals surface area (Å²) >= 11 is 1.45. The largest absolute Gasteiger partial charge is 0.241 e. The van der Waals surface area contributed by atoms with Gasteiger partial charge in [0.15, 0.2) is 0 Å². The normalized spacial score (nSPS) is 15.6. The van der Waals surface area contributed by atoms with Crippen molar-refractivity contribution in [3.8, 4) is 0 Å². The Morgan fingerprint density at radius 1 is 1.29 bits per heavy atom. The molecule has 0 amide bonds. The van der Waals surface area contributed by atoms with Crippen LogP contribution in [0, 0.1) is 0 Å². The summed E-state index contributed by atoms with van der Waals surface area (Å²) in [5, 5.41) is 0.912. The van der Waals surface area contributed by atoms with Crippen LogP contribution in [0.15, 0.2) is 11.4 Å². The molecule has 1 aromatic rings. The Morgan fingerprint density at radius 3 is 2.82 bits per heavy atom. The minimum atomic E-state index is -3.41. The smallest absolute Gasteiger partial charge is 0.233 e. The van der Waals surface area contributed by atoms with Crippen molar-refractivity contribution in [2.75, 3.05) is 11.5 Å². The number of rotatable bonds is 4. The molecule has 1 aliphatic carbocycles. The molecule has 0 fully saturated rings. The Hall–Kier alpha value is -0.330. The van der Waals surface area contributed by atoms with E-state index in [0.717, 1.165) is 30.0 Å². The van der Waals surface area contributed by atoms with Crippen LogP contribution in [-0.2, 0) is 21.9 Å². The van der Waals surface area contributed by atoms with Gasteiger partial charge in [0, 0.05) is 27.7 Å². The molecule has 0 saturated carbocycles. The van der Waals surface area contributed by atoms with E-state index in [1.165, 1.54) is 23.7 Å². The highest BCUT2D eigenvalue weighted by atomic mass is 35.7. The molecule has 2 rings (SSSR count). The lowest BCUT2D eigenvalue weighted by molar-refractivity contribution is 0.611. The molecule has 0 atom stereocenters. The SMILES string of the molecule is O=S(=O)(Cl)CCSc1ncnc2c1CCCC2. The number of hydrogen-bond acceptors (Lipinski definition) is 5. The molecule has 7 heteroatoms. The molecule has 1 aromatic heterocycles. The van der Waals surface area contributed by atoms with Gasteiger partial charge in [-0.1, -0.05) is 0 Å². The highest BCUT2D eigenvalue weighted by Crippen LogP contribution is 2.27. The number of nitrogens with zero attached hydrogens (tertiary/aromatic N) is 2. The summed E-state index contributed by atoms with van der Waals surface area (Å²) in [5.41, 5.74) is 2.30. The van der Waals surface area contributed by atoms with Gasteiger partial charge < -0.3 is 0 Å². The van der Waals surface area contributed by atoms with E-state index in [4.69, 9.17) is 10.7 Å². The maximum Gasteiger partial charge on any atom is 0.233 e. The second kappa shape index (κ2) is 5.54. The van der Waals surface area contributed by atoms with Gasteiger partial charge in [-0.2, -0.15) is 0 Å². The van der Waals surface area contributed by atoms with Gasteiger partial charge in [0.2, 0.25) is 9.05 Å². The van der Waals surface area contributed by atoms with Crippen molar-refractivity contribution in [3.63, 3.8) is 0 Å². The third-order valence-electron chi connectivity index (χ3n) is 2.65. The third kappa shape index (κ3) is 3.82. The molecular weight excluding hydrogens is 280 g/mol. The summed E-state index contributed by atoms with van der Waals surface area (Å²) < 4.78 is 21.7. The van der Waals surface area contributed by atoms with Gasteiger partial charge in [-0.15, -0.1) is 11.8 Å². The Bertz CT molecular complexity index is 505. The number of halogens is 1. The van der Waals surface area contributed by atoms with Crippen LogP contribution in [-0.4, -0.2) is 29.9 Å². The molecule has 0 radical (unpaired) electrons. The number of fused-ring (bicyclic) bond motifs is 1. The van der Waals surface area contributed by atoms with E-state index in [-0.39, 0.29) is 5.75 Å². The zero-order valence-corrected chi connectivity index (χ0v) is 11.6. The number of hydrogen-bond donors (Lipinski definition) is 0. The van der Waals surface area contributed by atoms with Crippen molar-refractivity contribution < 1.29 is 8.42 Å². The molecule has 0 bridgehead atoms. The zero-order valence-electron chi connectivity index (χ0n) is 9.23. The van der Waals surface area contributed by atoms with E-state index in [2.05, 4.69) is 9.97 Å². The van der Waals surface area contributed by atoms with Crippen LogP contribution in [0.5, 0.6) is 0 Å². The van der Waals surface area contributed by atoms with E-state index in [9.17, 15) is 8.42 Å². The molecule has 0 aliphatic heterocycles. The van der Waals surface area contributed by atoms with Crippen LogP contribution in [0.25, 0.3) is 0 Å². The van der Waals surface area contributed by atoms with E-state index < -0.39 is 9.05 Å². The molecule has 0 spiro atoms.